The Morgan fingerprint density at radius 3 is 2.49 bits per heavy atom. The third-order valence-electron chi connectivity index (χ3n) is 6.08. The van der Waals surface area contributed by atoms with Crippen molar-refractivity contribution < 1.29 is 14.6 Å². The molecule has 4 rings (SSSR count). The van der Waals surface area contributed by atoms with Crippen molar-refractivity contribution in [2.75, 3.05) is 13.2 Å². The van der Waals surface area contributed by atoms with Gasteiger partial charge in [0.05, 0.1) is 11.2 Å². The third-order valence-corrected chi connectivity index (χ3v) is 6.39. The summed E-state index contributed by atoms with van der Waals surface area (Å²) in [5, 5.41) is 17.2. The largest absolute Gasteiger partial charge is 0.506 e. The van der Waals surface area contributed by atoms with Crippen LogP contribution in [0.5, 0.6) is 11.5 Å². The highest BCUT2D eigenvalue weighted by Gasteiger charge is 2.12. The van der Waals surface area contributed by atoms with Crippen LogP contribution in [0.3, 0.4) is 0 Å². The number of aryl methyl sites for hydroxylation is 1. The molecule has 0 aliphatic carbocycles. The lowest BCUT2D eigenvalue weighted by Crippen LogP contribution is -2.21. The van der Waals surface area contributed by atoms with Gasteiger partial charge in [0.2, 0.25) is 0 Å². The molecule has 0 atom stereocenters. The lowest BCUT2D eigenvalue weighted by molar-refractivity contribution is 0.0955. The molecule has 0 radical (unpaired) electrons. The Bertz CT molecular complexity index is 1440. The summed E-state index contributed by atoms with van der Waals surface area (Å²) < 4.78 is 6.25. The fourth-order valence-electron chi connectivity index (χ4n) is 4.03. The number of aromatic hydroxyl groups is 1. The highest BCUT2D eigenvalue weighted by Crippen LogP contribution is 2.34. The maximum absolute atomic E-state index is 12.4. The maximum Gasteiger partial charge on any atom is 0.271 e. The number of carbonyl (C=O) groups is 1. The summed E-state index contributed by atoms with van der Waals surface area (Å²) >= 11 is 5.90. The second-order valence-corrected chi connectivity index (χ2v) is 9.40. The quantitative estimate of drug-likeness (QED) is 0.115. The zero-order valence-corrected chi connectivity index (χ0v) is 22.4. The van der Waals surface area contributed by atoms with Gasteiger partial charge in [-0.1, -0.05) is 66.2 Å². The van der Waals surface area contributed by atoms with Gasteiger partial charge in [-0.15, -0.1) is 0 Å². The van der Waals surface area contributed by atoms with E-state index in [0.29, 0.717) is 25.3 Å². The standard InChI is InChI=1S/C31H31ClN4O3/c1-21-15-24(20-35-36-31(38)26-11-12-29(37)28(32)17-26)16-27(25-5-3-2-4-6-25)30(21)39-14-13-34-19-23-9-7-22(18-33)8-10-23/h2-12,15-17,20,34,37H,13-14,18-19,33H2,1H3,(H,36,38)/b35-20+. The third kappa shape index (κ3) is 7.67. The van der Waals surface area contributed by atoms with Crippen molar-refractivity contribution in [3.8, 4) is 22.6 Å². The number of phenolic OH excluding ortho intramolecular Hbond substituents is 1. The molecular weight excluding hydrogens is 512 g/mol. The molecule has 0 aliphatic rings. The van der Waals surface area contributed by atoms with E-state index < -0.39 is 5.91 Å². The monoisotopic (exact) mass is 542 g/mol. The zero-order valence-electron chi connectivity index (χ0n) is 21.7. The van der Waals surface area contributed by atoms with Crippen molar-refractivity contribution in [1.82, 2.24) is 10.7 Å². The van der Waals surface area contributed by atoms with Crippen molar-refractivity contribution in [3.05, 3.63) is 118 Å². The Morgan fingerprint density at radius 1 is 1.03 bits per heavy atom. The van der Waals surface area contributed by atoms with Gasteiger partial charge in [0.1, 0.15) is 18.1 Å². The molecule has 0 fully saturated rings. The van der Waals surface area contributed by atoms with Crippen molar-refractivity contribution in [3.63, 3.8) is 0 Å². The number of nitrogens with one attached hydrogen (secondary N) is 2. The number of ether oxygens (including phenoxy) is 1. The van der Waals surface area contributed by atoms with Crippen molar-refractivity contribution in [2.24, 2.45) is 10.8 Å². The van der Waals surface area contributed by atoms with Crippen LogP contribution < -0.4 is 21.2 Å². The molecule has 0 saturated heterocycles. The van der Waals surface area contributed by atoms with Gasteiger partial charge in [-0.3, -0.25) is 4.79 Å². The molecule has 1 amide bonds. The van der Waals surface area contributed by atoms with Crippen LogP contribution in [0, 0.1) is 6.92 Å². The number of carbonyl (C=O) groups excluding carboxylic acids is 1. The van der Waals surface area contributed by atoms with Crippen LogP contribution in [0.4, 0.5) is 0 Å². The van der Waals surface area contributed by atoms with Crippen LogP contribution in [0.25, 0.3) is 11.1 Å². The number of hydrogen-bond donors (Lipinski definition) is 4. The first-order chi connectivity index (χ1) is 18.9. The minimum atomic E-state index is -0.434. The fraction of sp³-hybridized carbons (Fsp3) is 0.161. The minimum absolute atomic E-state index is 0.0867. The number of amides is 1. The van der Waals surface area contributed by atoms with Crippen molar-refractivity contribution in [2.45, 2.75) is 20.0 Å². The van der Waals surface area contributed by atoms with Crippen LogP contribution in [-0.4, -0.2) is 30.4 Å². The second kappa shape index (κ2) is 13.6. The van der Waals surface area contributed by atoms with E-state index in [1.54, 1.807) is 6.21 Å². The van der Waals surface area contributed by atoms with E-state index in [2.05, 4.69) is 28.0 Å². The molecule has 4 aromatic rings. The van der Waals surface area contributed by atoms with E-state index in [0.717, 1.165) is 40.1 Å². The molecule has 0 aliphatic heterocycles. The molecule has 0 spiro atoms. The first-order valence-corrected chi connectivity index (χ1v) is 13.0. The van der Waals surface area contributed by atoms with Gasteiger partial charge >= 0.3 is 0 Å². The zero-order chi connectivity index (χ0) is 27.6. The summed E-state index contributed by atoms with van der Waals surface area (Å²) in [7, 11) is 0. The first kappa shape index (κ1) is 27.9. The number of halogens is 1. The SMILES string of the molecule is Cc1cc(/C=N/NC(=O)c2ccc(O)c(Cl)c2)cc(-c2ccccc2)c1OCCNCc1ccc(CN)cc1. The van der Waals surface area contributed by atoms with Crippen LogP contribution in [0.15, 0.2) is 90.0 Å². The smallest absolute Gasteiger partial charge is 0.271 e. The average Bonchev–Trinajstić information content (AvgIpc) is 2.95. The molecular formula is C31H31ClN4O3. The second-order valence-electron chi connectivity index (χ2n) is 8.99. The Kier molecular flexibility index (Phi) is 9.69. The molecule has 0 aromatic heterocycles. The Labute approximate surface area is 233 Å². The molecule has 0 unspecified atom stereocenters. The topological polar surface area (TPSA) is 109 Å². The molecule has 200 valence electrons. The number of phenols is 1. The summed E-state index contributed by atoms with van der Waals surface area (Å²) in [6.45, 7) is 4.46. The summed E-state index contributed by atoms with van der Waals surface area (Å²) in [6.07, 6.45) is 1.58. The summed E-state index contributed by atoms with van der Waals surface area (Å²) in [5.41, 5.74) is 14.5. The first-order valence-electron chi connectivity index (χ1n) is 12.6. The van der Waals surface area contributed by atoms with E-state index in [9.17, 15) is 9.90 Å². The fourth-order valence-corrected chi connectivity index (χ4v) is 4.21. The van der Waals surface area contributed by atoms with Gasteiger partial charge in [-0.25, -0.2) is 5.43 Å². The van der Waals surface area contributed by atoms with E-state index in [4.69, 9.17) is 22.1 Å². The molecule has 5 N–H and O–H groups in total. The predicted octanol–water partition coefficient (Wildman–Crippen LogP) is 5.41. The summed E-state index contributed by atoms with van der Waals surface area (Å²) in [6, 6.07) is 26.4. The number of nitrogens with zero attached hydrogens (tertiary/aromatic N) is 1. The number of benzene rings is 4. The normalized spacial score (nSPS) is 11.1. The van der Waals surface area contributed by atoms with Crippen LogP contribution >= 0.6 is 11.6 Å². The molecule has 8 heteroatoms. The predicted molar refractivity (Wildman–Crippen MR) is 156 cm³/mol. The van der Waals surface area contributed by atoms with E-state index in [1.165, 1.54) is 23.8 Å². The lowest BCUT2D eigenvalue weighted by Gasteiger charge is -2.16. The Hall–Kier alpha value is -4.17. The van der Waals surface area contributed by atoms with Gasteiger partial charge in [0, 0.05) is 30.8 Å². The van der Waals surface area contributed by atoms with Crippen molar-refractivity contribution in [1.29, 1.82) is 0 Å². The van der Waals surface area contributed by atoms with Gasteiger partial charge in [0.25, 0.3) is 5.91 Å². The summed E-state index contributed by atoms with van der Waals surface area (Å²) in [5.74, 6) is 0.280. The average molecular weight is 543 g/mol. The number of hydrogen-bond acceptors (Lipinski definition) is 6. The maximum atomic E-state index is 12.4. The highest BCUT2D eigenvalue weighted by atomic mass is 35.5. The van der Waals surface area contributed by atoms with Crippen LogP contribution in [-0.2, 0) is 13.1 Å². The van der Waals surface area contributed by atoms with Crippen molar-refractivity contribution >= 4 is 23.7 Å². The Balaban J connectivity index is 1.42. The highest BCUT2D eigenvalue weighted by molar-refractivity contribution is 6.32. The van der Waals surface area contributed by atoms with Gasteiger partial charge in [-0.2, -0.15) is 5.10 Å². The molecule has 39 heavy (non-hydrogen) atoms. The van der Waals surface area contributed by atoms with Crippen LogP contribution in [0.2, 0.25) is 5.02 Å². The molecule has 0 heterocycles. The molecule has 7 nitrogen and oxygen atoms in total. The molecule has 4 aromatic carbocycles. The van der Waals surface area contributed by atoms with E-state index in [-0.39, 0.29) is 10.8 Å². The summed E-state index contributed by atoms with van der Waals surface area (Å²) in [4.78, 5) is 12.4. The van der Waals surface area contributed by atoms with Gasteiger partial charge < -0.3 is 20.9 Å². The number of hydrazone groups is 1. The lowest BCUT2D eigenvalue weighted by atomic mass is 9.99. The van der Waals surface area contributed by atoms with Gasteiger partial charge in [0.15, 0.2) is 0 Å². The molecule has 0 saturated carbocycles. The van der Waals surface area contributed by atoms with E-state index in [1.807, 2.05) is 61.5 Å². The van der Waals surface area contributed by atoms with Crippen LogP contribution in [0.1, 0.15) is 32.6 Å². The minimum Gasteiger partial charge on any atom is -0.506 e. The van der Waals surface area contributed by atoms with Gasteiger partial charge in [-0.05, 0) is 65.1 Å². The molecule has 0 bridgehead atoms. The Morgan fingerprint density at radius 2 is 1.77 bits per heavy atom. The number of nitrogens with two attached hydrogens (primary N) is 1. The number of rotatable bonds is 11. The van der Waals surface area contributed by atoms with E-state index >= 15 is 0 Å².